The fourth-order valence-corrected chi connectivity index (χ4v) is 11.7. The molecule has 62 heavy (non-hydrogen) atoms. The fraction of sp³-hybridized carbons (Fsp3) is 0.0508. The first-order chi connectivity index (χ1) is 30.5. The normalized spacial score (nSPS) is 13.1. The first-order valence-corrected chi connectivity index (χ1v) is 22.2. The van der Waals surface area contributed by atoms with Crippen LogP contribution in [0.25, 0.3) is 97.0 Å². The molecule has 13 rings (SSSR count). The molecule has 0 radical (unpaired) electrons. The van der Waals surface area contributed by atoms with Gasteiger partial charge in [-0.05, 0) is 97.6 Å². The molecule has 2 aromatic heterocycles. The van der Waals surface area contributed by atoms with Crippen LogP contribution in [-0.2, 0) is 5.41 Å². The second-order valence-electron chi connectivity index (χ2n) is 17.2. The topological polar surface area (TPSA) is 16.4 Å². The van der Waals surface area contributed by atoms with E-state index >= 15 is 0 Å². The molecule has 1 aliphatic carbocycles. The Balaban J connectivity index is 1.09. The van der Waals surface area contributed by atoms with Gasteiger partial charge in [0.15, 0.2) is 0 Å². The van der Waals surface area contributed by atoms with Crippen LogP contribution in [0, 0.1) is 0 Å². The van der Waals surface area contributed by atoms with Crippen molar-refractivity contribution in [1.82, 2.24) is 0 Å². The lowest BCUT2D eigenvalue weighted by Crippen LogP contribution is -2.17. The van der Waals surface area contributed by atoms with Crippen LogP contribution in [0.2, 0.25) is 0 Å². The number of benzene rings is 10. The van der Waals surface area contributed by atoms with E-state index < -0.39 is 0 Å². The molecule has 0 bridgehead atoms. The number of hydrogen-bond donors (Lipinski definition) is 0. The molecule has 0 atom stereocenters. The Morgan fingerprint density at radius 1 is 0.419 bits per heavy atom. The van der Waals surface area contributed by atoms with Gasteiger partial charge in [0.05, 0.1) is 5.69 Å². The second-order valence-corrected chi connectivity index (χ2v) is 18.2. The summed E-state index contributed by atoms with van der Waals surface area (Å²) in [6, 6.07) is 73.6. The van der Waals surface area contributed by atoms with Gasteiger partial charge in [0, 0.05) is 58.7 Å². The van der Waals surface area contributed by atoms with Gasteiger partial charge in [-0.1, -0.05) is 172 Å². The van der Waals surface area contributed by atoms with E-state index in [9.17, 15) is 0 Å². The smallest absolute Gasteiger partial charge is 0.143 e. The maximum Gasteiger partial charge on any atom is 0.143 e. The van der Waals surface area contributed by atoms with Crippen molar-refractivity contribution in [3.63, 3.8) is 0 Å². The van der Waals surface area contributed by atoms with E-state index in [1.807, 2.05) is 11.3 Å². The Bertz CT molecular complexity index is 3780. The fourth-order valence-electron chi connectivity index (χ4n) is 10.5. The molecule has 0 aliphatic heterocycles. The third-order valence-corrected chi connectivity index (χ3v) is 14.7. The summed E-state index contributed by atoms with van der Waals surface area (Å²) < 4.78 is 9.65. The van der Waals surface area contributed by atoms with Gasteiger partial charge in [-0.25, -0.2) is 0 Å². The average Bonchev–Trinajstić information content (AvgIpc) is 3.97. The zero-order valence-electron chi connectivity index (χ0n) is 34.3. The van der Waals surface area contributed by atoms with Crippen LogP contribution in [0.3, 0.4) is 0 Å². The Labute approximate surface area is 363 Å². The van der Waals surface area contributed by atoms with E-state index in [-0.39, 0.29) is 5.41 Å². The third kappa shape index (κ3) is 5.09. The summed E-state index contributed by atoms with van der Waals surface area (Å²) in [6.45, 7) is 4.73. The van der Waals surface area contributed by atoms with Crippen molar-refractivity contribution in [2.45, 2.75) is 19.3 Å². The molecule has 10 aromatic carbocycles. The Kier molecular flexibility index (Phi) is 7.56. The molecule has 0 unspecified atom stereocenters. The summed E-state index contributed by atoms with van der Waals surface area (Å²) >= 11 is 1.88. The summed E-state index contributed by atoms with van der Waals surface area (Å²) in [7, 11) is 0. The van der Waals surface area contributed by atoms with Crippen molar-refractivity contribution in [2.24, 2.45) is 0 Å². The lowest BCUT2D eigenvalue weighted by molar-refractivity contribution is 0.660. The van der Waals surface area contributed by atoms with Crippen molar-refractivity contribution < 1.29 is 4.42 Å². The van der Waals surface area contributed by atoms with Gasteiger partial charge in [-0.3, -0.25) is 0 Å². The van der Waals surface area contributed by atoms with Crippen LogP contribution in [0.4, 0.5) is 17.1 Å². The van der Waals surface area contributed by atoms with Gasteiger partial charge in [0.25, 0.3) is 0 Å². The number of hydrogen-bond acceptors (Lipinski definition) is 3. The molecule has 0 amide bonds. The zero-order valence-corrected chi connectivity index (χ0v) is 35.1. The van der Waals surface area contributed by atoms with Crippen molar-refractivity contribution in [3.8, 4) is 33.4 Å². The first-order valence-electron chi connectivity index (χ1n) is 21.4. The zero-order chi connectivity index (χ0) is 41.1. The van der Waals surface area contributed by atoms with E-state index in [1.54, 1.807) is 0 Å². The highest BCUT2D eigenvalue weighted by molar-refractivity contribution is 7.26. The minimum atomic E-state index is -0.159. The summed E-state index contributed by atoms with van der Waals surface area (Å²) in [5.74, 6) is 0. The van der Waals surface area contributed by atoms with Gasteiger partial charge >= 0.3 is 0 Å². The average molecular weight is 810 g/mol. The summed E-state index contributed by atoms with van der Waals surface area (Å²) in [4.78, 5) is 2.48. The largest absolute Gasteiger partial charge is 0.455 e. The quantitative estimate of drug-likeness (QED) is 0.161. The molecule has 1 aliphatic rings. The molecule has 2 nitrogen and oxygen atoms in total. The highest BCUT2D eigenvalue weighted by atomic mass is 32.1. The number of fused-ring (bicyclic) bond motifs is 14. The monoisotopic (exact) mass is 809 g/mol. The summed E-state index contributed by atoms with van der Waals surface area (Å²) in [5, 5.41) is 9.63. The van der Waals surface area contributed by atoms with E-state index in [2.05, 4.69) is 219 Å². The maximum absolute atomic E-state index is 7.01. The highest BCUT2D eigenvalue weighted by Gasteiger charge is 2.36. The SMILES string of the molecule is CC1(C)c2ccccc2-c2ccc(N(c3ccc(-c4cccc5c4sc4ccccc45)cc3)c3cc4c(cc3-c3ccccc3)oc3c5ccccc5c5ccccc5c43)cc21. The lowest BCUT2D eigenvalue weighted by atomic mass is 9.82. The first kappa shape index (κ1) is 35.3. The number of rotatable bonds is 5. The van der Waals surface area contributed by atoms with Crippen molar-refractivity contribution in [1.29, 1.82) is 0 Å². The molecule has 2 heterocycles. The number of thiophene rings is 1. The van der Waals surface area contributed by atoms with Crippen LogP contribution in [-0.4, -0.2) is 0 Å². The van der Waals surface area contributed by atoms with Crippen molar-refractivity contribution in [2.75, 3.05) is 4.90 Å². The van der Waals surface area contributed by atoms with E-state index in [0.717, 1.165) is 55.5 Å². The number of nitrogens with zero attached hydrogens (tertiary/aromatic N) is 1. The lowest BCUT2D eigenvalue weighted by Gasteiger charge is -2.30. The minimum absolute atomic E-state index is 0.159. The van der Waals surface area contributed by atoms with E-state index in [1.165, 1.54) is 69.7 Å². The summed E-state index contributed by atoms with van der Waals surface area (Å²) in [6.07, 6.45) is 0. The molecule has 0 fully saturated rings. The van der Waals surface area contributed by atoms with Crippen LogP contribution < -0.4 is 4.90 Å². The van der Waals surface area contributed by atoms with Crippen LogP contribution in [0.15, 0.2) is 205 Å². The molecule has 0 saturated heterocycles. The number of furan rings is 1. The molecule has 0 saturated carbocycles. The highest BCUT2D eigenvalue weighted by Crippen LogP contribution is 2.53. The van der Waals surface area contributed by atoms with Crippen LogP contribution in [0.5, 0.6) is 0 Å². The van der Waals surface area contributed by atoms with Gasteiger partial charge in [-0.2, -0.15) is 0 Å². The van der Waals surface area contributed by atoms with Crippen LogP contribution in [0.1, 0.15) is 25.0 Å². The standard InChI is InChI=1S/C59H39NOS/c1-59(2)51-25-12-10-19-43(51)44-32-31-39(33-52(44)59)60(38-29-27-37(28-30-38)40-23-14-24-48-45-20-11-13-26-55(45)62-58(40)48)53-34-50-54(35-49(53)36-15-4-3-5-16-36)61-57-47-22-9-7-18-42(47)41-17-6-8-21-46(41)56(50)57/h3-35H,1-2H3. The predicted octanol–water partition coefficient (Wildman–Crippen LogP) is 17.4. The van der Waals surface area contributed by atoms with Crippen molar-refractivity contribution >= 4 is 92.1 Å². The van der Waals surface area contributed by atoms with Gasteiger partial charge < -0.3 is 9.32 Å². The minimum Gasteiger partial charge on any atom is -0.455 e. The molecule has 0 spiro atoms. The second kappa shape index (κ2) is 13.3. The maximum atomic E-state index is 7.01. The Hall–Kier alpha value is -7.46. The summed E-state index contributed by atoms with van der Waals surface area (Å²) in [5.41, 5.74) is 15.0. The van der Waals surface area contributed by atoms with Crippen molar-refractivity contribution in [3.05, 3.63) is 211 Å². The molecular formula is C59H39NOS. The van der Waals surface area contributed by atoms with E-state index in [0.29, 0.717) is 0 Å². The number of anilines is 3. The van der Waals surface area contributed by atoms with Gasteiger partial charge in [0.2, 0.25) is 0 Å². The molecule has 3 heteroatoms. The third-order valence-electron chi connectivity index (χ3n) is 13.5. The molecular weight excluding hydrogens is 771 g/mol. The van der Waals surface area contributed by atoms with E-state index in [4.69, 9.17) is 4.42 Å². The molecule has 12 aromatic rings. The predicted molar refractivity (Wildman–Crippen MR) is 265 cm³/mol. The Morgan fingerprint density at radius 3 is 1.85 bits per heavy atom. The van der Waals surface area contributed by atoms with Gasteiger partial charge in [0.1, 0.15) is 11.2 Å². The Morgan fingerprint density at radius 2 is 1.03 bits per heavy atom. The van der Waals surface area contributed by atoms with Crippen LogP contribution >= 0.6 is 11.3 Å². The molecule has 292 valence electrons. The van der Waals surface area contributed by atoms with Gasteiger partial charge in [-0.15, -0.1) is 11.3 Å². The molecule has 0 N–H and O–H groups in total.